The predicted molar refractivity (Wildman–Crippen MR) is 135 cm³/mol. The third-order valence-corrected chi connectivity index (χ3v) is 6.53. The lowest BCUT2D eigenvalue weighted by atomic mass is 9.98. The third-order valence-electron chi connectivity index (χ3n) is 6.53. The summed E-state index contributed by atoms with van der Waals surface area (Å²) >= 11 is 0. The van der Waals surface area contributed by atoms with Crippen molar-refractivity contribution in [3.63, 3.8) is 0 Å². The largest absolute Gasteiger partial charge is 0.462 e. The molecule has 0 N–H and O–H groups in total. The van der Waals surface area contributed by atoms with Crippen LogP contribution >= 0.6 is 0 Å². The fraction of sp³-hybridized carbons (Fsp3) is 0.444. The van der Waals surface area contributed by atoms with Gasteiger partial charge in [-0.25, -0.2) is 9.78 Å². The van der Waals surface area contributed by atoms with Crippen LogP contribution < -0.4 is 4.74 Å². The number of morpholine rings is 2. The van der Waals surface area contributed by atoms with Crippen LogP contribution in [0.2, 0.25) is 0 Å². The zero-order chi connectivity index (χ0) is 24.6. The Labute approximate surface area is 210 Å². The van der Waals surface area contributed by atoms with E-state index >= 15 is 0 Å². The van der Waals surface area contributed by atoms with Gasteiger partial charge in [0.15, 0.2) is 5.69 Å². The van der Waals surface area contributed by atoms with Gasteiger partial charge in [-0.2, -0.15) is 4.98 Å². The Balaban J connectivity index is 1.34. The lowest BCUT2D eigenvalue weighted by molar-refractivity contribution is 0.0192. The molecule has 2 fully saturated rings. The molecule has 0 spiro atoms. The second-order valence-electron chi connectivity index (χ2n) is 8.83. The van der Waals surface area contributed by atoms with E-state index in [2.05, 4.69) is 19.8 Å². The molecule has 0 saturated carbocycles. The number of carbonyl (C=O) groups excluding carboxylic acids is 1. The zero-order valence-corrected chi connectivity index (χ0v) is 20.4. The first kappa shape index (κ1) is 24.6. The minimum Gasteiger partial charge on any atom is -0.462 e. The summed E-state index contributed by atoms with van der Waals surface area (Å²) < 4.78 is 22.3. The van der Waals surface area contributed by atoms with Crippen LogP contribution in [-0.4, -0.2) is 105 Å². The molecule has 2 saturated heterocycles. The van der Waals surface area contributed by atoms with Gasteiger partial charge in [-0.15, -0.1) is 0 Å². The number of benzene rings is 2. The van der Waals surface area contributed by atoms with Crippen LogP contribution in [0.3, 0.4) is 0 Å². The van der Waals surface area contributed by atoms with E-state index < -0.39 is 5.97 Å². The average molecular weight is 493 g/mol. The van der Waals surface area contributed by atoms with Crippen molar-refractivity contribution in [2.45, 2.75) is 0 Å². The lowest BCUT2D eigenvalue weighted by Crippen LogP contribution is -2.38. The van der Waals surface area contributed by atoms with Gasteiger partial charge in [0.2, 0.25) is 0 Å². The number of carbonyl (C=O) groups is 1. The van der Waals surface area contributed by atoms with Gasteiger partial charge >= 0.3 is 12.0 Å². The maximum absolute atomic E-state index is 13.3. The number of esters is 1. The monoisotopic (exact) mass is 492 g/mol. The molecule has 2 aliphatic heterocycles. The van der Waals surface area contributed by atoms with Crippen LogP contribution in [-0.2, 0) is 14.2 Å². The Morgan fingerprint density at radius 3 is 2.25 bits per heavy atom. The Bertz CT molecular complexity index is 1160. The van der Waals surface area contributed by atoms with Crippen LogP contribution in [0.4, 0.5) is 0 Å². The fourth-order valence-electron chi connectivity index (χ4n) is 4.50. The summed E-state index contributed by atoms with van der Waals surface area (Å²) in [6.07, 6.45) is 1.66. The van der Waals surface area contributed by atoms with Crippen molar-refractivity contribution in [3.8, 4) is 17.1 Å². The van der Waals surface area contributed by atoms with E-state index in [-0.39, 0.29) is 18.3 Å². The van der Waals surface area contributed by atoms with E-state index in [0.717, 1.165) is 62.3 Å². The molecule has 0 atom stereocenters. The molecule has 1 aromatic heterocycles. The smallest absolute Gasteiger partial charge is 0.357 e. The number of fused-ring (bicyclic) bond motifs is 1. The molecule has 3 heterocycles. The number of ether oxygens (including phenoxy) is 4. The molecule has 0 aliphatic carbocycles. The van der Waals surface area contributed by atoms with Crippen molar-refractivity contribution in [1.29, 1.82) is 0 Å². The highest BCUT2D eigenvalue weighted by molar-refractivity contribution is 6.02. The van der Waals surface area contributed by atoms with Gasteiger partial charge in [0, 0.05) is 51.0 Å². The van der Waals surface area contributed by atoms with Crippen molar-refractivity contribution < 1.29 is 23.7 Å². The van der Waals surface area contributed by atoms with Crippen LogP contribution in [0.15, 0.2) is 48.7 Å². The highest BCUT2D eigenvalue weighted by Crippen LogP contribution is 2.31. The van der Waals surface area contributed by atoms with Crippen LogP contribution in [0, 0.1) is 0 Å². The predicted octanol–water partition coefficient (Wildman–Crippen LogP) is 2.50. The number of hydrogen-bond donors (Lipinski definition) is 0. The second kappa shape index (κ2) is 12.2. The first-order chi connectivity index (χ1) is 17.8. The Kier molecular flexibility index (Phi) is 8.35. The van der Waals surface area contributed by atoms with E-state index in [9.17, 15) is 4.79 Å². The number of aromatic nitrogens is 2. The highest BCUT2D eigenvalue weighted by Gasteiger charge is 2.21. The summed E-state index contributed by atoms with van der Waals surface area (Å²) in [6, 6.07) is 14.2. The van der Waals surface area contributed by atoms with Gasteiger partial charge in [-0.3, -0.25) is 9.80 Å². The minimum atomic E-state index is -0.480. The first-order valence-electron chi connectivity index (χ1n) is 12.5. The van der Waals surface area contributed by atoms with E-state index in [1.807, 2.05) is 42.5 Å². The summed E-state index contributed by atoms with van der Waals surface area (Å²) in [5.74, 6) is -0.480. The van der Waals surface area contributed by atoms with Gasteiger partial charge in [0.25, 0.3) is 0 Å². The van der Waals surface area contributed by atoms with E-state index in [1.54, 1.807) is 6.20 Å². The fourth-order valence-corrected chi connectivity index (χ4v) is 4.50. The molecular weight excluding hydrogens is 460 g/mol. The lowest BCUT2D eigenvalue weighted by Gasteiger charge is -2.26. The van der Waals surface area contributed by atoms with Crippen molar-refractivity contribution in [2.24, 2.45) is 0 Å². The molecule has 36 heavy (non-hydrogen) atoms. The molecule has 5 rings (SSSR count). The summed E-state index contributed by atoms with van der Waals surface area (Å²) in [5.41, 5.74) is 1.72. The van der Waals surface area contributed by atoms with Gasteiger partial charge < -0.3 is 18.9 Å². The number of nitrogens with zero attached hydrogens (tertiary/aromatic N) is 4. The standard InChI is InChI=1S/C27H32N4O5/c32-26(35-18-12-30-8-14-33-15-9-30)25-24(23-7-3-5-21-4-1-2-6-22(21)23)20-28-27(29-25)36-19-13-31-10-16-34-17-11-31/h1-7,20H,8-19H2. The van der Waals surface area contributed by atoms with Gasteiger partial charge in [0.1, 0.15) is 13.2 Å². The molecule has 3 aromatic rings. The highest BCUT2D eigenvalue weighted by atomic mass is 16.5. The molecule has 9 nitrogen and oxygen atoms in total. The van der Waals surface area contributed by atoms with Gasteiger partial charge in [-0.05, 0) is 16.3 Å². The second-order valence-corrected chi connectivity index (χ2v) is 8.83. The maximum atomic E-state index is 13.3. The van der Waals surface area contributed by atoms with Gasteiger partial charge in [0.05, 0.1) is 26.4 Å². The van der Waals surface area contributed by atoms with Crippen molar-refractivity contribution in [3.05, 3.63) is 54.4 Å². The summed E-state index contributed by atoms with van der Waals surface area (Å²) in [5, 5.41) is 2.10. The van der Waals surface area contributed by atoms with E-state index in [4.69, 9.17) is 18.9 Å². The Hall–Kier alpha value is -3.11. The SMILES string of the molecule is O=C(OCCN1CCOCC1)c1nc(OCCN2CCOCC2)ncc1-c1cccc2ccccc12. The Morgan fingerprint density at radius 2 is 1.50 bits per heavy atom. The maximum Gasteiger partial charge on any atom is 0.357 e. The van der Waals surface area contributed by atoms with Crippen molar-refractivity contribution in [2.75, 3.05) is 78.9 Å². The van der Waals surface area contributed by atoms with E-state index in [0.29, 0.717) is 31.9 Å². The zero-order valence-electron chi connectivity index (χ0n) is 20.4. The molecule has 0 amide bonds. The normalized spacial score (nSPS) is 17.2. The first-order valence-corrected chi connectivity index (χ1v) is 12.5. The Morgan fingerprint density at radius 1 is 0.833 bits per heavy atom. The van der Waals surface area contributed by atoms with Crippen molar-refractivity contribution in [1.82, 2.24) is 19.8 Å². The molecule has 2 aromatic carbocycles. The van der Waals surface area contributed by atoms with Gasteiger partial charge in [-0.1, -0.05) is 42.5 Å². The molecule has 0 bridgehead atoms. The molecule has 9 heteroatoms. The molecule has 190 valence electrons. The quantitative estimate of drug-likeness (QED) is 0.418. The molecule has 2 aliphatic rings. The van der Waals surface area contributed by atoms with Crippen molar-refractivity contribution >= 4 is 16.7 Å². The summed E-state index contributed by atoms with van der Waals surface area (Å²) in [4.78, 5) is 26.7. The topological polar surface area (TPSA) is 86.2 Å². The average Bonchev–Trinajstić information content (AvgIpc) is 2.94. The molecular formula is C27H32N4O5. The number of rotatable bonds is 9. The third kappa shape index (κ3) is 6.17. The van der Waals surface area contributed by atoms with Crippen LogP contribution in [0.5, 0.6) is 6.01 Å². The van der Waals surface area contributed by atoms with Crippen LogP contribution in [0.1, 0.15) is 10.5 Å². The summed E-state index contributed by atoms with van der Waals surface area (Å²) in [7, 11) is 0. The molecule has 0 unspecified atom stereocenters. The van der Waals surface area contributed by atoms with Crippen LogP contribution in [0.25, 0.3) is 21.9 Å². The summed E-state index contributed by atoms with van der Waals surface area (Å²) in [6.45, 7) is 8.44. The van der Waals surface area contributed by atoms with E-state index in [1.165, 1.54) is 0 Å². The number of hydrogen-bond acceptors (Lipinski definition) is 9. The minimum absolute atomic E-state index is 0.173. The molecule has 0 radical (unpaired) electrons.